The first-order valence-electron chi connectivity index (χ1n) is 9.22. The molecule has 1 atom stereocenters. The Hall–Kier alpha value is -3.14. The van der Waals surface area contributed by atoms with E-state index in [0.717, 1.165) is 5.39 Å². The lowest BCUT2D eigenvalue weighted by Gasteiger charge is -2.14. The van der Waals surface area contributed by atoms with E-state index in [0.29, 0.717) is 35.4 Å². The van der Waals surface area contributed by atoms with Gasteiger partial charge in [-0.3, -0.25) is 9.36 Å². The number of nitrogens with zero attached hydrogens (tertiary/aromatic N) is 4. The summed E-state index contributed by atoms with van der Waals surface area (Å²) in [5.41, 5.74) is 1.56. The molecule has 7 heteroatoms. The van der Waals surface area contributed by atoms with Crippen LogP contribution in [0.2, 0.25) is 0 Å². The average molecular weight is 380 g/mol. The maximum Gasteiger partial charge on any atom is 0.248 e. The van der Waals surface area contributed by atoms with Crippen LogP contribution < -0.4 is 0 Å². The molecule has 1 unspecified atom stereocenters. The third-order valence-corrected chi connectivity index (χ3v) is 5.26. The Kier molecular flexibility index (Phi) is 4.63. The third kappa shape index (κ3) is 3.50. The zero-order valence-corrected chi connectivity index (χ0v) is 15.1. The molecule has 28 heavy (non-hydrogen) atoms. The number of fused-ring (bicyclic) bond motifs is 1. The van der Waals surface area contributed by atoms with Crippen molar-refractivity contribution in [1.82, 2.24) is 14.5 Å². The van der Waals surface area contributed by atoms with Crippen molar-refractivity contribution in [3.63, 3.8) is 0 Å². The van der Waals surface area contributed by atoms with E-state index >= 15 is 0 Å². The zero-order chi connectivity index (χ0) is 19.7. The van der Waals surface area contributed by atoms with Gasteiger partial charge in [-0.25, -0.2) is 18.7 Å². The maximum atomic E-state index is 13.6. The summed E-state index contributed by atoms with van der Waals surface area (Å²) in [4.78, 5) is 21.5. The first-order chi connectivity index (χ1) is 13.5. The minimum absolute atomic E-state index is 0.114. The van der Waals surface area contributed by atoms with Gasteiger partial charge >= 0.3 is 0 Å². The van der Waals surface area contributed by atoms with Gasteiger partial charge in [0, 0.05) is 48.3 Å². The van der Waals surface area contributed by atoms with E-state index in [2.05, 4.69) is 9.97 Å². The lowest BCUT2D eigenvalue weighted by Crippen LogP contribution is -2.17. The summed E-state index contributed by atoms with van der Waals surface area (Å²) in [5.74, 6) is -2.54. The van der Waals surface area contributed by atoms with Crippen LogP contribution in [0.5, 0.6) is 0 Å². The van der Waals surface area contributed by atoms with Gasteiger partial charge in [0.05, 0.1) is 5.56 Å². The molecule has 3 aromatic rings. The lowest BCUT2D eigenvalue weighted by molar-refractivity contribution is -0.0145. The number of Topliss-reactive ketones (excluding diaryl/α,β-unsaturated/α-hetero) is 1. The van der Waals surface area contributed by atoms with Gasteiger partial charge in [-0.1, -0.05) is 0 Å². The van der Waals surface area contributed by atoms with Crippen LogP contribution in [-0.4, -0.2) is 26.2 Å². The summed E-state index contributed by atoms with van der Waals surface area (Å²) in [5, 5.41) is 9.66. The molecule has 1 fully saturated rings. The molecule has 0 spiro atoms. The second-order valence-corrected chi connectivity index (χ2v) is 7.19. The van der Waals surface area contributed by atoms with Gasteiger partial charge in [0.15, 0.2) is 5.78 Å². The molecular formula is C21H18F2N4O. The van der Waals surface area contributed by atoms with E-state index in [1.165, 1.54) is 12.4 Å². The molecule has 1 aliphatic rings. The summed E-state index contributed by atoms with van der Waals surface area (Å²) in [6.45, 7) is 0. The topological polar surface area (TPSA) is 71.6 Å². The minimum Gasteiger partial charge on any atom is -0.294 e. The number of aromatic nitrogens is 3. The number of nitriles is 1. The fraction of sp³-hybridized carbons (Fsp3) is 0.333. The quantitative estimate of drug-likeness (QED) is 0.488. The van der Waals surface area contributed by atoms with E-state index in [4.69, 9.17) is 5.26 Å². The summed E-state index contributed by atoms with van der Waals surface area (Å²) in [6.07, 6.45) is 5.47. The highest BCUT2D eigenvalue weighted by Gasteiger charge is 2.34. The molecule has 3 heterocycles. The third-order valence-electron chi connectivity index (χ3n) is 5.26. The molecule has 0 bridgehead atoms. The number of rotatable bonds is 3. The van der Waals surface area contributed by atoms with Gasteiger partial charge in [0.1, 0.15) is 17.5 Å². The zero-order valence-electron chi connectivity index (χ0n) is 15.1. The molecule has 0 radical (unpaired) electrons. The van der Waals surface area contributed by atoms with Crippen LogP contribution in [0, 0.1) is 17.2 Å². The highest BCUT2D eigenvalue weighted by Crippen LogP contribution is 2.35. The number of ketones is 1. The number of halogens is 2. The fourth-order valence-corrected chi connectivity index (χ4v) is 3.70. The van der Waals surface area contributed by atoms with Gasteiger partial charge < -0.3 is 0 Å². The van der Waals surface area contributed by atoms with Crippen molar-refractivity contribution in [2.45, 2.75) is 38.0 Å². The van der Waals surface area contributed by atoms with Gasteiger partial charge in [-0.05, 0) is 43.5 Å². The smallest absolute Gasteiger partial charge is 0.248 e. The summed E-state index contributed by atoms with van der Waals surface area (Å²) < 4.78 is 28.9. The molecule has 5 nitrogen and oxygen atoms in total. The summed E-state index contributed by atoms with van der Waals surface area (Å²) >= 11 is 0. The van der Waals surface area contributed by atoms with Crippen molar-refractivity contribution in [2.75, 3.05) is 0 Å². The summed E-state index contributed by atoms with van der Waals surface area (Å²) in [6, 6.07) is 9.02. The molecule has 142 valence electrons. The second-order valence-electron chi connectivity index (χ2n) is 7.19. The monoisotopic (exact) mass is 380 g/mol. The predicted molar refractivity (Wildman–Crippen MR) is 99.4 cm³/mol. The van der Waals surface area contributed by atoms with Gasteiger partial charge in [-0.15, -0.1) is 0 Å². The molecule has 4 rings (SSSR count). The normalized spacial score (nSPS) is 19.1. The predicted octanol–water partition coefficient (Wildman–Crippen LogP) is 4.69. The number of carbonyl (C=O) groups excluding carboxylic acids is 1. The number of carbonyl (C=O) groups is 1. The van der Waals surface area contributed by atoms with E-state index in [1.54, 1.807) is 29.0 Å². The van der Waals surface area contributed by atoms with Crippen LogP contribution >= 0.6 is 0 Å². The van der Waals surface area contributed by atoms with E-state index in [-0.39, 0.29) is 31.0 Å². The van der Waals surface area contributed by atoms with Crippen LogP contribution in [0.1, 0.15) is 48.0 Å². The maximum absolute atomic E-state index is 13.6. The van der Waals surface area contributed by atoms with Crippen molar-refractivity contribution in [1.29, 1.82) is 5.26 Å². The van der Waals surface area contributed by atoms with Gasteiger partial charge in [-0.2, -0.15) is 5.26 Å². The highest BCUT2D eigenvalue weighted by atomic mass is 19.3. The molecule has 3 aromatic heterocycles. The van der Waals surface area contributed by atoms with Gasteiger partial charge in [0.25, 0.3) is 0 Å². The molecule has 1 saturated carbocycles. The molecule has 0 N–H and O–H groups in total. The molecule has 0 saturated heterocycles. The van der Waals surface area contributed by atoms with Crippen LogP contribution in [0.15, 0.2) is 42.9 Å². The fourth-order valence-electron chi connectivity index (χ4n) is 3.70. The van der Waals surface area contributed by atoms with Crippen LogP contribution in [0.25, 0.3) is 16.9 Å². The van der Waals surface area contributed by atoms with Crippen molar-refractivity contribution in [3.05, 3.63) is 54.0 Å². The Morgan fingerprint density at radius 3 is 2.79 bits per heavy atom. The molecule has 0 aromatic carbocycles. The van der Waals surface area contributed by atoms with Crippen molar-refractivity contribution < 1.29 is 13.6 Å². The van der Waals surface area contributed by atoms with E-state index in [9.17, 15) is 13.6 Å². The van der Waals surface area contributed by atoms with Crippen molar-refractivity contribution in [2.24, 2.45) is 5.92 Å². The van der Waals surface area contributed by atoms with Crippen LogP contribution in [0.4, 0.5) is 8.78 Å². The average Bonchev–Trinajstić information content (AvgIpc) is 3.04. The van der Waals surface area contributed by atoms with Gasteiger partial charge in [0.2, 0.25) is 5.92 Å². The van der Waals surface area contributed by atoms with Crippen LogP contribution in [-0.2, 0) is 0 Å². The Morgan fingerprint density at radius 2 is 2.04 bits per heavy atom. The first kappa shape index (κ1) is 18.2. The van der Waals surface area contributed by atoms with E-state index < -0.39 is 5.92 Å². The SMILES string of the molecule is N#Cc1ccc(-n2ccc3cc(C(=O)C4CCCC(F)(F)CC4)cnc32)nc1. The largest absolute Gasteiger partial charge is 0.294 e. The standard InChI is InChI=1S/C21H18F2N4O/c22-21(23)7-1-2-15(5-8-21)19(28)17-10-16-6-9-27(20(16)26-13-17)18-4-3-14(11-24)12-25-18/h3-4,6,9-10,12-13,15H,1-2,5,7-8H2. The Balaban J connectivity index is 1.60. The number of alkyl halides is 2. The lowest BCUT2D eigenvalue weighted by atomic mass is 9.91. The molecule has 0 amide bonds. The number of pyridine rings is 2. The Bertz CT molecular complexity index is 1070. The first-order valence-corrected chi connectivity index (χ1v) is 9.22. The number of hydrogen-bond donors (Lipinski definition) is 0. The second kappa shape index (κ2) is 7.12. The summed E-state index contributed by atoms with van der Waals surface area (Å²) in [7, 11) is 0. The Morgan fingerprint density at radius 1 is 1.18 bits per heavy atom. The van der Waals surface area contributed by atoms with Crippen molar-refractivity contribution >= 4 is 16.8 Å². The van der Waals surface area contributed by atoms with Crippen molar-refractivity contribution in [3.8, 4) is 11.9 Å². The number of hydrogen-bond acceptors (Lipinski definition) is 4. The molecule has 1 aliphatic carbocycles. The Labute approximate surface area is 160 Å². The van der Waals surface area contributed by atoms with Crippen LogP contribution in [0.3, 0.4) is 0 Å². The minimum atomic E-state index is -2.66. The van der Waals surface area contributed by atoms with E-state index in [1.807, 2.05) is 12.1 Å². The molecular weight excluding hydrogens is 362 g/mol. The molecule has 0 aliphatic heterocycles. The highest BCUT2D eigenvalue weighted by molar-refractivity contribution is 6.00.